The molecule has 7 nitrogen and oxygen atoms in total. The molecule has 2 aromatic heterocycles. The molecule has 2 aliphatic carbocycles. The number of aromatic nitrogens is 4. The molecule has 0 saturated heterocycles. The lowest BCUT2D eigenvalue weighted by Crippen LogP contribution is -2.34. The van der Waals surface area contributed by atoms with Crippen molar-refractivity contribution < 1.29 is 18.0 Å². The monoisotopic (exact) mass is 420 g/mol. The van der Waals surface area contributed by atoms with Crippen LogP contribution < -0.4 is 5.73 Å². The molecule has 10 heteroatoms. The molecule has 0 radical (unpaired) electrons. The van der Waals surface area contributed by atoms with Gasteiger partial charge in [-0.2, -0.15) is 18.3 Å². The minimum atomic E-state index is -4.41. The van der Waals surface area contributed by atoms with Gasteiger partial charge < -0.3 is 5.73 Å². The molecular weight excluding hydrogens is 397 g/mol. The Labute approximate surface area is 171 Å². The van der Waals surface area contributed by atoms with Gasteiger partial charge in [-0.15, -0.1) is 0 Å². The number of amides is 1. The number of nitrogens with zero attached hydrogens (tertiary/aromatic N) is 5. The first-order valence-corrected chi connectivity index (χ1v) is 10.4. The van der Waals surface area contributed by atoms with Crippen LogP contribution in [0.1, 0.15) is 49.5 Å². The lowest BCUT2D eigenvalue weighted by molar-refractivity contribution is -0.160. The number of fused-ring (bicyclic) bond motifs is 1. The van der Waals surface area contributed by atoms with Gasteiger partial charge in [-0.25, -0.2) is 19.5 Å². The van der Waals surface area contributed by atoms with Crippen molar-refractivity contribution in [1.29, 1.82) is 0 Å². The second kappa shape index (κ2) is 7.11. The minimum absolute atomic E-state index is 0.0536. The number of hydrogen-bond donors (Lipinski definition) is 1. The van der Waals surface area contributed by atoms with Crippen LogP contribution >= 0.6 is 0 Å². The van der Waals surface area contributed by atoms with E-state index in [0.29, 0.717) is 35.4 Å². The van der Waals surface area contributed by atoms with Crippen LogP contribution in [0.3, 0.4) is 0 Å². The Bertz CT molecular complexity index is 982. The van der Waals surface area contributed by atoms with E-state index in [1.54, 1.807) is 6.20 Å². The number of nitrogens with two attached hydrogens (primary N) is 1. The second-order valence-electron chi connectivity index (χ2n) is 8.84. The molecule has 0 spiro atoms. The molecule has 2 N–H and O–H groups in total. The third-order valence-corrected chi connectivity index (χ3v) is 6.49. The Morgan fingerprint density at radius 2 is 1.90 bits per heavy atom. The summed E-state index contributed by atoms with van der Waals surface area (Å²) in [4.78, 5) is 24.2. The van der Waals surface area contributed by atoms with Crippen molar-refractivity contribution in [1.82, 2.24) is 19.6 Å². The van der Waals surface area contributed by atoms with Gasteiger partial charge in [0.05, 0.1) is 35.7 Å². The van der Waals surface area contributed by atoms with Gasteiger partial charge in [-0.1, -0.05) is 0 Å². The average molecular weight is 420 g/mol. The van der Waals surface area contributed by atoms with Crippen molar-refractivity contribution in [2.24, 2.45) is 40.3 Å². The van der Waals surface area contributed by atoms with Crippen LogP contribution in [0.15, 0.2) is 17.4 Å². The molecule has 30 heavy (non-hydrogen) atoms. The van der Waals surface area contributed by atoms with Gasteiger partial charge in [0.2, 0.25) is 5.91 Å². The van der Waals surface area contributed by atoms with E-state index in [-0.39, 0.29) is 18.9 Å². The van der Waals surface area contributed by atoms with Gasteiger partial charge in [0.15, 0.2) is 0 Å². The van der Waals surface area contributed by atoms with Crippen molar-refractivity contribution in [2.75, 3.05) is 0 Å². The maximum absolute atomic E-state index is 13.0. The largest absolute Gasteiger partial charge is 0.396 e. The van der Waals surface area contributed by atoms with Gasteiger partial charge >= 0.3 is 6.18 Å². The molecule has 3 atom stereocenters. The Kier molecular flexibility index (Phi) is 4.64. The molecule has 5 rings (SSSR count). The van der Waals surface area contributed by atoms with E-state index in [2.05, 4.69) is 20.1 Å². The Morgan fingerprint density at radius 1 is 1.20 bits per heavy atom. The van der Waals surface area contributed by atoms with E-state index < -0.39 is 23.9 Å². The lowest BCUT2D eigenvalue weighted by Gasteiger charge is -2.24. The van der Waals surface area contributed by atoms with Crippen molar-refractivity contribution in [3.05, 3.63) is 23.8 Å². The quantitative estimate of drug-likeness (QED) is 0.775. The van der Waals surface area contributed by atoms with Crippen molar-refractivity contribution >= 4 is 17.9 Å². The van der Waals surface area contributed by atoms with Gasteiger partial charge in [0.25, 0.3) is 5.78 Å². The fraction of sp³-hybridized carbons (Fsp3) is 0.650. The van der Waals surface area contributed by atoms with Crippen LogP contribution in [0, 0.1) is 29.6 Å². The predicted molar refractivity (Wildman–Crippen MR) is 102 cm³/mol. The van der Waals surface area contributed by atoms with E-state index in [9.17, 15) is 18.0 Å². The number of carbonyl (C=O) groups is 1. The molecule has 1 amide bonds. The first-order valence-electron chi connectivity index (χ1n) is 10.4. The van der Waals surface area contributed by atoms with Gasteiger partial charge in [-0.3, -0.25) is 4.79 Å². The predicted octanol–water partition coefficient (Wildman–Crippen LogP) is 2.90. The molecule has 0 unspecified atom stereocenters. The number of halogens is 3. The molecule has 1 aliphatic heterocycles. The third-order valence-electron chi connectivity index (χ3n) is 6.49. The van der Waals surface area contributed by atoms with Crippen LogP contribution in [-0.2, 0) is 11.2 Å². The number of aliphatic imine (C=N–C) groups is 1. The zero-order valence-electron chi connectivity index (χ0n) is 16.3. The molecule has 2 fully saturated rings. The van der Waals surface area contributed by atoms with Gasteiger partial charge in [-0.05, 0) is 49.9 Å². The summed E-state index contributed by atoms with van der Waals surface area (Å²) in [6.45, 7) is 0. The summed E-state index contributed by atoms with van der Waals surface area (Å²) in [5.74, 6) is -0.949. The molecular formula is C20H23F3N6O. The normalized spacial score (nSPS) is 26.0. The van der Waals surface area contributed by atoms with Gasteiger partial charge in [0.1, 0.15) is 0 Å². The van der Waals surface area contributed by atoms with E-state index in [0.717, 1.165) is 5.69 Å². The molecule has 3 aliphatic rings. The maximum Gasteiger partial charge on any atom is 0.396 e. The van der Waals surface area contributed by atoms with E-state index >= 15 is 0 Å². The summed E-state index contributed by atoms with van der Waals surface area (Å²) in [5.41, 5.74) is 7.72. The van der Waals surface area contributed by atoms with E-state index in [1.807, 2.05) is 0 Å². The SMILES string of the molecule is N[C@H](c1cn2nc(C[C@H]3C[C@@H](C(F)(F)F)C=NC3=O)cnc2n1)C(C1CC1)C1CC1. The fourth-order valence-electron chi connectivity index (χ4n) is 4.60. The highest BCUT2D eigenvalue weighted by Gasteiger charge is 2.45. The molecule has 160 valence electrons. The molecule has 0 aromatic carbocycles. The summed E-state index contributed by atoms with van der Waals surface area (Å²) < 4.78 is 40.5. The number of alkyl halides is 3. The van der Waals surface area contributed by atoms with Crippen molar-refractivity contribution in [3.8, 4) is 0 Å². The summed E-state index contributed by atoms with van der Waals surface area (Å²) in [6.07, 6.45) is 4.13. The number of imidazole rings is 1. The van der Waals surface area contributed by atoms with Crippen LogP contribution in [0.2, 0.25) is 0 Å². The van der Waals surface area contributed by atoms with Crippen molar-refractivity contribution in [2.45, 2.75) is 50.7 Å². The van der Waals surface area contributed by atoms with E-state index in [1.165, 1.54) is 36.4 Å². The van der Waals surface area contributed by atoms with Crippen molar-refractivity contribution in [3.63, 3.8) is 0 Å². The minimum Gasteiger partial charge on any atom is -0.322 e. The fourth-order valence-corrected chi connectivity index (χ4v) is 4.60. The highest BCUT2D eigenvalue weighted by atomic mass is 19.4. The number of hydrogen-bond acceptors (Lipinski definition) is 5. The van der Waals surface area contributed by atoms with Crippen LogP contribution in [0.5, 0.6) is 0 Å². The first kappa shape index (κ1) is 19.6. The number of carbonyl (C=O) groups excluding carboxylic acids is 1. The number of rotatable bonds is 6. The smallest absolute Gasteiger partial charge is 0.322 e. The zero-order valence-corrected chi connectivity index (χ0v) is 16.3. The maximum atomic E-state index is 13.0. The summed E-state index contributed by atoms with van der Waals surface area (Å²) in [5, 5.41) is 4.43. The van der Waals surface area contributed by atoms with Crippen LogP contribution in [-0.4, -0.2) is 37.9 Å². The van der Waals surface area contributed by atoms with Crippen LogP contribution in [0.4, 0.5) is 13.2 Å². The molecule has 0 bridgehead atoms. The van der Waals surface area contributed by atoms with E-state index in [4.69, 9.17) is 5.73 Å². The third kappa shape index (κ3) is 3.84. The Hall–Kier alpha value is -2.36. The first-order chi connectivity index (χ1) is 14.3. The second-order valence-corrected chi connectivity index (χ2v) is 8.84. The summed E-state index contributed by atoms with van der Waals surface area (Å²) >= 11 is 0. The molecule has 2 aromatic rings. The Morgan fingerprint density at radius 3 is 2.53 bits per heavy atom. The lowest BCUT2D eigenvalue weighted by atomic mass is 9.88. The molecule has 2 saturated carbocycles. The van der Waals surface area contributed by atoms with Gasteiger partial charge in [0, 0.05) is 18.6 Å². The average Bonchev–Trinajstić information content (AvgIpc) is 3.62. The highest BCUT2D eigenvalue weighted by molar-refractivity contribution is 5.90. The summed E-state index contributed by atoms with van der Waals surface area (Å²) in [7, 11) is 0. The highest BCUT2D eigenvalue weighted by Crippen LogP contribution is 2.53. The molecule has 3 heterocycles. The Balaban J connectivity index is 1.34. The standard InChI is InChI=1S/C20H23F3N6O/c21-20(22,23)13-5-12(18(30)25-7-13)6-14-8-26-19-27-15(9-29(19)28-14)17(24)16(10-1-2-10)11-3-4-11/h7-13,16-17H,1-6,24H2/t12-,13-,17-/m1/s1. The summed E-state index contributed by atoms with van der Waals surface area (Å²) in [6, 6.07) is -0.168. The zero-order chi connectivity index (χ0) is 21.0. The van der Waals surface area contributed by atoms with Crippen LogP contribution in [0.25, 0.3) is 5.78 Å². The topological polar surface area (TPSA) is 98.5 Å².